The number of likely N-dealkylation sites (N-methyl/N-ethyl adjacent to an activating group) is 1. The molecule has 2 aliphatic rings. The highest BCUT2D eigenvalue weighted by atomic mass is 28.4. The van der Waals surface area contributed by atoms with Crippen LogP contribution in [0.5, 0.6) is 0 Å². The van der Waals surface area contributed by atoms with Gasteiger partial charge in [0.15, 0.2) is 0 Å². The number of hydrogen-bond donors (Lipinski definition) is 0. The van der Waals surface area contributed by atoms with E-state index in [1.807, 2.05) is 6.92 Å². The van der Waals surface area contributed by atoms with E-state index in [9.17, 15) is 0 Å². The molecular formula is C14H30N2O4Si. The van der Waals surface area contributed by atoms with Crippen LogP contribution in [-0.2, 0) is 18.0 Å². The molecular weight excluding hydrogens is 288 g/mol. The van der Waals surface area contributed by atoms with E-state index in [1.165, 1.54) is 0 Å². The summed E-state index contributed by atoms with van der Waals surface area (Å²) in [6.45, 7) is 8.71. The standard InChI is InChI=1S/C14H30N2O4Si/c1-4-18-21-11-5-9-17-13-14(20-21)12-16(8-10-19-21)7-6-15(2)3/h14H,4-13H2,1-3H3. The third kappa shape index (κ3) is 5.59. The fourth-order valence-electron chi connectivity index (χ4n) is 2.77. The summed E-state index contributed by atoms with van der Waals surface area (Å²) in [6.07, 6.45) is 1.02. The van der Waals surface area contributed by atoms with Crippen LogP contribution < -0.4 is 0 Å². The van der Waals surface area contributed by atoms with Gasteiger partial charge in [0.25, 0.3) is 0 Å². The summed E-state index contributed by atoms with van der Waals surface area (Å²) < 4.78 is 24.1. The molecule has 2 heterocycles. The highest BCUT2D eigenvalue weighted by Gasteiger charge is 2.45. The second kappa shape index (κ2) is 8.57. The Morgan fingerprint density at radius 3 is 2.95 bits per heavy atom. The molecule has 0 aromatic heterocycles. The molecule has 2 unspecified atom stereocenters. The number of rotatable bonds is 5. The van der Waals surface area contributed by atoms with Crippen LogP contribution in [0, 0.1) is 0 Å². The molecule has 0 radical (unpaired) electrons. The minimum atomic E-state index is -2.49. The Morgan fingerprint density at radius 1 is 1.33 bits per heavy atom. The minimum absolute atomic E-state index is 0.0611. The largest absolute Gasteiger partial charge is 0.501 e. The van der Waals surface area contributed by atoms with Crippen molar-refractivity contribution in [3.63, 3.8) is 0 Å². The maximum Gasteiger partial charge on any atom is 0.501 e. The summed E-state index contributed by atoms with van der Waals surface area (Å²) >= 11 is 0. The zero-order chi connectivity index (χ0) is 15.1. The predicted molar refractivity (Wildman–Crippen MR) is 83.4 cm³/mol. The molecule has 0 aromatic carbocycles. The number of fused-ring (bicyclic) bond motifs is 2. The average molecular weight is 318 g/mol. The summed E-state index contributed by atoms with van der Waals surface area (Å²) in [6, 6.07) is 0.870. The molecule has 2 rings (SSSR count). The lowest BCUT2D eigenvalue weighted by molar-refractivity contribution is -0.0546. The molecule has 2 bridgehead atoms. The van der Waals surface area contributed by atoms with E-state index in [4.69, 9.17) is 18.0 Å². The molecule has 0 aromatic rings. The molecule has 0 N–H and O–H groups in total. The lowest BCUT2D eigenvalue weighted by atomic mass is 10.3. The van der Waals surface area contributed by atoms with Gasteiger partial charge in [-0.05, 0) is 27.4 Å². The molecule has 2 saturated heterocycles. The number of ether oxygens (including phenoxy) is 1. The quantitative estimate of drug-likeness (QED) is 0.694. The molecule has 2 aliphatic heterocycles. The predicted octanol–water partition coefficient (Wildman–Crippen LogP) is 0.661. The van der Waals surface area contributed by atoms with Gasteiger partial charge in [-0.15, -0.1) is 0 Å². The van der Waals surface area contributed by atoms with Crippen LogP contribution in [-0.4, -0.2) is 91.4 Å². The van der Waals surface area contributed by atoms with Crippen LogP contribution in [0.1, 0.15) is 13.3 Å². The van der Waals surface area contributed by atoms with Crippen LogP contribution >= 0.6 is 0 Å². The minimum Gasteiger partial charge on any atom is -0.379 e. The molecule has 0 spiro atoms. The number of hydrogen-bond acceptors (Lipinski definition) is 6. The maximum absolute atomic E-state index is 6.31. The molecule has 0 aliphatic carbocycles. The van der Waals surface area contributed by atoms with E-state index >= 15 is 0 Å². The third-order valence-electron chi connectivity index (χ3n) is 3.84. The smallest absolute Gasteiger partial charge is 0.379 e. The summed E-state index contributed by atoms with van der Waals surface area (Å²) in [5.74, 6) is 0. The Morgan fingerprint density at radius 2 is 2.19 bits per heavy atom. The summed E-state index contributed by atoms with van der Waals surface area (Å²) in [5.41, 5.74) is 0. The van der Waals surface area contributed by atoms with E-state index < -0.39 is 8.80 Å². The first kappa shape index (κ1) is 17.3. The Kier molecular flexibility index (Phi) is 7.07. The topological polar surface area (TPSA) is 43.4 Å². The van der Waals surface area contributed by atoms with Crippen molar-refractivity contribution in [2.24, 2.45) is 0 Å². The van der Waals surface area contributed by atoms with E-state index in [0.29, 0.717) is 19.8 Å². The van der Waals surface area contributed by atoms with Crippen LogP contribution in [0.4, 0.5) is 0 Å². The normalized spacial score (nSPS) is 32.3. The Hall–Kier alpha value is -0.0231. The lowest BCUT2D eigenvalue weighted by Gasteiger charge is -2.39. The molecule has 21 heavy (non-hydrogen) atoms. The van der Waals surface area contributed by atoms with Crippen LogP contribution in [0.2, 0.25) is 6.04 Å². The average Bonchev–Trinajstić information content (AvgIpc) is 2.38. The van der Waals surface area contributed by atoms with Gasteiger partial charge in [-0.1, -0.05) is 0 Å². The molecule has 0 amide bonds. The van der Waals surface area contributed by atoms with Gasteiger partial charge in [0.05, 0.1) is 19.3 Å². The van der Waals surface area contributed by atoms with Gasteiger partial charge < -0.3 is 22.9 Å². The first-order valence-electron chi connectivity index (χ1n) is 8.04. The molecule has 6 nitrogen and oxygen atoms in total. The van der Waals surface area contributed by atoms with Gasteiger partial charge in [-0.3, -0.25) is 4.90 Å². The Bertz CT molecular complexity index is 309. The van der Waals surface area contributed by atoms with Crippen molar-refractivity contribution in [2.45, 2.75) is 25.5 Å². The van der Waals surface area contributed by atoms with Crippen molar-refractivity contribution in [1.29, 1.82) is 0 Å². The third-order valence-corrected chi connectivity index (χ3v) is 6.87. The zero-order valence-corrected chi connectivity index (χ0v) is 14.7. The summed E-state index contributed by atoms with van der Waals surface area (Å²) in [5, 5.41) is 0. The second-order valence-corrected chi connectivity index (χ2v) is 8.67. The fraction of sp³-hybridized carbons (Fsp3) is 1.00. The van der Waals surface area contributed by atoms with Crippen molar-refractivity contribution >= 4 is 8.80 Å². The van der Waals surface area contributed by atoms with Gasteiger partial charge in [0.1, 0.15) is 0 Å². The van der Waals surface area contributed by atoms with E-state index in [-0.39, 0.29) is 6.10 Å². The van der Waals surface area contributed by atoms with Gasteiger partial charge in [-0.2, -0.15) is 0 Å². The fourth-order valence-corrected chi connectivity index (χ4v) is 5.47. The highest BCUT2D eigenvalue weighted by Crippen LogP contribution is 2.24. The maximum atomic E-state index is 6.31. The first-order valence-corrected chi connectivity index (χ1v) is 9.97. The zero-order valence-electron chi connectivity index (χ0n) is 13.7. The Labute approximate surface area is 129 Å². The van der Waals surface area contributed by atoms with Crippen LogP contribution in [0.15, 0.2) is 0 Å². The van der Waals surface area contributed by atoms with Crippen molar-refractivity contribution in [1.82, 2.24) is 9.80 Å². The highest BCUT2D eigenvalue weighted by molar-refractivity contribution is 6.60. The van der Waals surface area contributed by atoms with Crippen molar-refractivity contribution < 1.29 is 18.0 Å². The summed E-state index contributed by atoms with van der Waals surface area (Å²) in [7, 11) is 1.71. The first-order chi connectivity index (χ1) is 10.1. The monoisotopic (exact) mass is 318 g/mol. The van der Waals surface area contributed by atoms with Gasteiger partial charge in [-0.25, -0.2) is 0 Å². The van der Waals surface area contributed by atoms with Gasteiger partial charge in [0, 0.05) is 45.4 Å². The van der Waals surface area contributed by atoms with Crippen LogP contribution in [0.25, 0.3) is 0 Å². The summed E-state index contributed by atoms with van der Waals surface area (Å²) in [4.78, 5) is 4.61. The molecule has 2 fully saturated rings. The van der Waals surface area contributed by atoms with E-state index in [0.717, 1.165) is 45.3 Å². The second-order valence-electron chi connectivity index (χ2n) is 5.99. The molecule has 7 heteroatoms. The lowest BCUT2D eigenvalue weighted by Crippen LogP contribution is -2.56. The number of nitrogens with zero attached hydrogens (tertiary/aromatic N) is 2. The van der Waals surface area contributed by atoms with Crippen molar-refractivity contribution in [3.8, 4) is 0 Å². The Balaban J connectivity index is 1.98. The SMILES string of the molecule is CCO[Si]12CCCOCC(CN(CCN(C)C)CCO1)O2. The van der Waals surface area contributed by atoms with Gasteiger partial charge >= 0.3 is 8.80 Å². The van der Waals surface area contributed by atoms with Crippen molar-refractivity contribution in [2.75, 3.05) is 66.7 Å². The molecule has 0 saturated carbocycles. The van der Waals surface area contributed by atoms with E-state index in [1.54, 1.807) is 0 Å². The van der Waals surface area contributed by atoms with Crippen molar-refractivity contribution in [3.05, 3.63) is 0 Å². The van der Waals surface area contributed by atoms with Gasteiger partial charge in [0.2, 0.25) is 0 Å². The molecule has 2 atom stereocenters. The molecule has 124 valence electrons. The van der Waals surface area contributed by atoms with Crippen LogP contribution in [0.3, 0.4) is 0 Å². The van der Waals surface area contributed by atoms with E-state index in [2.05, 4.69) is 23.9 Å².